The third-order valence-corrected chi connectivity index (χ3v) is 5.33. The van der Waals surface area contributed by atoms with E-state index in [-0.39, 0.29) is 11.1 Å². The Morgan fingerprint density at radius 3 is 2.12 bits per heavy atom. The number of aliphatic hydroxyl groups is 4. The Kier molecular flexibility index (Phi) is 5.89. The summed E-state index contributed by atoms with van der Waals surface area (Å²) in [6, 6.07) is 3.66. The summed E-state index contributed by atoms with van der Waals surface area (Å²) in [5.74, 6) is -4.83. The SMILES string of the molecule is O=c1c(O[C@@H]2OC(CO)[C@@H](O)[C@H](O)[C@H]2O)c(-c2cc(O)c(O)c(O)c2)oc2cc(O)cc(O)c12. The quantitative estimate of drug-likeness (QED) is 0.208. The molecule has 2 aromatic carbocycles. The van der Waals surface area contributed by atoms with E-state index in [1.807, 2.05) is 0 Å². The number of ether oxygens (including phenoxy) is 2. The molecular weight excluding hydrogens is 460 g/mol. The van der Waals surface area contributed by atoms with Crippen LogP contribution >= 0.6 is 0 Å². The molecule has 5 atom stereocenters. The highest BCUT2D eigenvalue weighted by Gasteiger charge is 2.45. The minimum atomic E-state index is -1.91. The van der Waals surface area contributed by atoms with E-state index in [1.165, 1.54) is 0 Å². The lowest BCUT2D eigenvalue weighted by atomic mass is 9.99. The maximum Gasteiger partial charge on any atom is 0.239 e. The Morgan fingerprint density at radius 1 is 0.853 bits per heavy atom. The lowest BCUT2D eigenvalue weighted by Gasteiger charge is -2.39. The first-order chi connectivity index (χ1) is 16.0. The van der Waals surface area contributed by atoms with Gasteiger partial charge in [0.25, 0.3) is 0 Å². The molecule has 0 spiro atoms. The van der Waals surface area contributed by atoms with Gasteiger partial charge in [-0.15, -0.1) is 0 Å². The predicted molar refractivity (Wildman–Crippen MR) is 111 cm³/mol. The summed E-state index contributed by atoms with van der Waals surface area (Å²) >= 11 is 0. The Labute approximate surface area is 189 Å². The van der Waals surface area contributed by atoms with Crippen molar-refractivity contribution in [2.45, 2.75) is 30.7 Å². The fraction of sp³-hybridized carbons (Fsp3) is 0.286. The van der Waals surface area contributed by atoms with Gasteiger partial charge in [-0.25, -0.2) is 0 Å². The van der Waals surface area contributed by atoms with Crippen LogP contribution in [0.15, 0.2) is 33.5 Å². The van der Waals surface area contributed by atoms with Crippen molar-refractivity contribution < 1.29 is 59.8 Å². The van der Waals surface area contributed by atoms with Gasteiger partial charge in [0, 0.05) is 17.7 Å². The number of hydrogen-bond acceptors (Lipinski definition) is 13. The summed E-state index contributed by atoms with van der Waals surface area (Å²) in [6.07, 6.45) is -8.64. The third-order valence-electron chi connectivity index (χ3n) is 5.33. The lowest BCUT2D eigenvalue weighted by Crippen LogP contribution is -2.60. The second-order valence-electron chi connectivity index (χ2n) is 7.61. The van der Waals surface area contributed by atoms with Crippen LogP contribution in [0.3, 0.4) is 0 Å². The molecule has 1 aliphatic heterocycles. The fourth-order valence-corrected chi connectivity index (χ4v) is 3.58. The van der Waals surface area contributed by atoms with E-state index in [9.17, 15) is 50.8 Å². The second kappa shape index (κ2) is 8.55. The molecule has 1 aromatic heterocycles. The number of aromatic hydroxyl groups is 5. The van der Waals surface area contributed by atoms with Gasteiger partial charge in [0.1, 0.15) is 46.9 Å². The van der Waals surface area contributed by atoms with Gasteiger partial charge in [0.05, 0.1) is 6.61 Å². The van der Waals surface area contributed by atoms with Crippen LogP contribution in [0.2, 0.25) is 0 Å². The van der Waals surface area contributed by atoms with E-state index in [1.54, 1.807) is 0 Å². The first kappa shape index (κ1) is 23.4. The van der Waals surface area contributed by atoms with E-state index < -0.39 is 88.4 Å². The average molecular weight is 480 g/mol. The Bertz CT molecular complexity index is 1280. The number of phenols is 5. The van der Waals surface area contributed by atoms with Crippen molar-refractivity contribution in [2.24, 2.45) is 0 Å². The maximum absolute atomic E-state index is 13.3. The molecule has 0 radical (unpaired) electrons. The van der Waals surface area contributed by atoms with Crippen LogP contribution in [0.25, 0.3) is 22.3 Å². The van der Waals surface area contributed by atoms with Crippen molar-refractivity contribution in [2.75, 3.05) is 6.61 Å². The first-order valence-electron chi connectivity index (χ1n) is 9.78. The molecule has 2 heterocycles. The lowest BCUT2D eigenvalue weighted by molar-refractivity contribution is -0.277. The largest absolute Gasteiger partial charge is 0.508 e. The monoisotopic (exact) mass is 480 g/mol. The molecule has 1 fully saturated rings. The predicted octanol–water partition coefficient (Wildman–Crippen LogP) is -0.833. The van der Waals surface area contributed by atoms with Crippen molar-refractivity contribution in [1.82, 2.24) is 0 Å². The molecule has 3 aromatic rings. The Balaban J connectivity index is 1.94. The highest BCUT2D eigenvalue weighted by atomic mass is 16.7. The molecule has 1 unspecified atom stereocenters. The van der Waals surface area contributed by atoms with Crippen molar-refractivity contribution in [3.8, 4) is 45.8 Å². The number of benzene rings is 2. The molecule has 1 saturated heterocycles. The van der Waals surface area contributed by atoms with Gasteiger partial charge in [0.2, 0.25) is 17.5 Å². The van der Waals surface area contributed by atoms with Gasteiger partial charge in [-0.3, -0.25) is 4.79 Å². The molecular formula is C21H20O13. The van der Waals surface area contributed by atoms with E-state index in [0.717, 1.165) is 24.3 Å². The Morgan fingerprint density at radius 2 is 1.50 bits per heavy atom. The number of rotatable bonds is 4. The normalized spacial score (nSPS) is 24.9. The summed E-state index contributed by atoms with van der Waals surface area (Å²) in [5, 5.41) is 88.6. The molecule has 13 nitrogen and oxygen atoms in total. The van der Waals surface area contributed by atoms with Crippen LogP contribution in [-0.2, 0) is 4.74 Å². The number of aliphatic hydroxyl groups excluding tert-OH is 4. The van der Waals surface area contributed by atoms with Gasteiger partial charge in [-0.2, -0.15) is 0 Å². The molecule has 4 rings (SSSR count). The highest BCUT2D eigenvalue weighted by Crippen LogP contribution is 2.43. The van der Waals surface area contributed by atoms with Crippen LogP contribution in [0, 0.1) is 0 Å². The molecule has 9 N–H and O–H groups in total. The van der Waals surface area contributed by atoms with Crippen molar-refractivity contribution in [1.29, 1.82) is 0 Å². The molecule has 13 heteroatoms. The van der Waals surface area contributed by atoms with Gasteiger partial charge in [0.15, 0.2) is 23.0 Å². The minimum Gasteiger partial charge on any atom is -0.508 e. The molecule has 0 saturated carbocycles. The zero-order valence-corrected chi connectivity index (χ0v) is 17.1. The fourth-order valence-electron chi connectivity index (χ4n) is 3.58. The summed E-state index contributed by atoms with van der Waals surface area (Å²) < 4.78 is 16.3. The number of phenolic OH excluding ortho intramolecular Hbond substituents is 5. The topological polar surface area (TPSA) is 231 Å². The van der Waals surface area contributed by atoms with Crippen molar-refractivity contribution in [3.63, 3.8) is 0 Å². The summed E-state index contributed by atoms with van der Waals surface area (Å²) in [7, 11) is 0. The molecule has 0 bridgehead atoms. The summed E-state index contributed by atoms with van der Waals surface area (Å²) in [4.78, 5) is 13.3. The van der Waals surface area contributed by atoms with Crippen LogP contribution in [0.1, 0.15) is 0 Å². The molecule has 0 amide bonds. The standard InChI is InChI=1S/C21H20O13/c22-5-12-15(28)17(30)18(31)21(33-12)34-20-16(29)13-8(24)3-7(23)4-11(13)32-19(20)6-1-9(25)14(27)10(26)2-6/h1-4,12,15,17-18,21-28,30-31H,5H2/t12?,15-,17+,18-,21+/m1/s1. The van der Waals surface area contributed by atoms with Crippen LogP contribution in [-0.4, -0.2) is 83.3 Å². The first-order valence-corrected chi connectivity index (χ1v) is 9.78. The van der Waals surface area contributed by atoms with Gasteiger partial charge in [-0.1, -0.05) is 0 Å². The number of fused-ring (bicyclic) bond motifs is 1. The van der Waals surface area contributed by atoms with Crippen LogP contribution in [0.4, 0.5) is 0 Å². The van der Waals surface area contributed by atoms with E-state index in [0.29, 0.717) is 0 Å². The van der Waals surface area contributed by atoms with Crippen molar-refractivity contribution >= 4 is 11.0 Å². The van der Waals surface area contributed by atoms with E-state index in [2.05, 4.69) is 0 Å². The van der Waals surface area contributed by atoms with Crippen LogP contribution < -0.4 is 10.2 Å². The molecule has 182 valence electrons. The van der Waals surface area contributed by atoms with Crippen LogP contribution in [0.5, 0.6) is 34.5 Å². The molecule has 0 aliphatic carbocycles. The van der Waals surface area contributed by atoms with Gasteiger partial charge >= 0.3 is 0 Å². The molecule has 1 aliphatic rings. The highest BCUT2D eigenvalue weighted by molar-refractivity contribution is 5.88. The van der Waals surface area contributed by atoms with Gasteiger partial charge in [-0.05, 0) is 12.1 Å². The third kappa shape index (κ3) is 3.81. The maximum atomic E-state index is 13.3. The second-order valence-corrected chi connectivity index (χ2v) is 7.61. The van der Waals surface area contributed by atoms with Crippen molar-refractivity contribution in [3.05, 3.63) is 34.5 Å². The average Bonchev–Trinajstić information content (AvgIpc) is 2.78. The van der Waals surface area contributed by atoms with Gasteiger partial charge < -0.3 is 59.8 Å². The summed E-state index contributed by atoms with van der Waals surface area (Å²) in [6.45, 7) is -0.774. The number of hydrogen-bond donors (Lipinski definition) is 9. The molecule has 34 heavy (non-hydrogen) atoms. The smallest absolute Gasteiger partial charge is 0.239 e. The minimum absolute atomic E-state index is 0.214. The van der Waals surface area contributed by atoms with E-state index >= 15 is 0 Å². The summed E-state index contributed by atoms with van der Waals surface area (Å²) in [5.41, 5.74) is -1.59. The Hall–Kier alpha value is -3.75. The zero-order valence-electron chi connectivity index (χ0n) is 17.1. The zero-order chi connectivity index (χ0) is 24.9. The van der Waals surface area contributed by atoms with E-state index in [4.69, 9.17) is 13.9 Å².